The van der Waals surface area contributed by atoms with Crippen molar-refractivity contribution in [3.05, 3.63) is 53.9 Å². The van der Waals surface area contributed by atoms with Crippen LogP contribution in [0, 0.1) is 0 Å². The topological polar surface area (TPSA) is 42.1 Å². The first-order chi connectivity index (χ1) is 9.29. The zero-order chi connectivity index (χ0) is 13.2. The van der Waals surface area contributed by atoms with Crippen molar-refractivity contribution < 1.29 is 0 Å². The molecule has 98 valence electrons. The molecule has 2 N–H and O–H groups in total. The van der Waals surface area contributed by atoms with Gasteiger partial charge in [0.05, 0.1) is 17.6 Å². The minimum atomic E-state index is 0.0416. The number of nitrogens with zero attached hydrogens (tertiary/aromatic N) is 2. The minimum absolute atomic E-state index is 0.0416. The van der Waals surface area contributed by atoms with E-state index in [0.717, 1.165) is 30.8 Å². The van der Waals surface area contributed by atoms with Crippen molar-refractivity contribution in [2.24, 2.45) is 5.73 Å². The molecule has 0 aliphatic carbocycles. The van der Waals surface area contributed by atoms with E-state index in [2.05, 4.69) is 47.1 Å². The molecule has 0 saturated heterocycles. The van der Waals surface area contributed by atoms with Gasteiger partial charge in [-0.05, 0) is 36.6 Å². The molecule has 0 amide bonds. The van der Waals surface area contributed by atoms with E-state index in [1.165, 1.54) is 11.3 Å². The molecule has 1 aromatic carbocycles. The monoisotopic (exact) mass is 253 g/mol. The Morgan fingerprint density at radius 2 is 2.11 bits per heavy atom. The highest BCUT2D eigenvalue weighted by Crippen LogP contribution is 2.33. The van der Waals surface area contributed by atoms with Crippen molar-refractivity contribution in [2.45, 2.75) is 25.8 Å². The molecule has 3 rings (SSSR count). The van der Waals surface area contributed by atoms with E-state index in [1.54, 1.807) is 0 Å². The van der Waals surface area contributed by atoms with Crippen LogP contribution in [-0.2, 0) is 6.42 Å². The van der Waals surface area contributed by atoms with Crippen LogP contribution >= 0.6 is 0 Å². The third kappa shape index (κ3) is 2.22. The fourth-order valence-electron chi connectivity index (χ4n) is 2.59. The van der Waals surface area contributed by atoms with Crippen LogP contribution in [0.2, 0.25) is 0 Å². The Kier molecular flexibility index (Phi) is 3.22. The van der Waals surface area contributed by atoms with Gasteiger partial charge in [-0.1, -0.05) is 25.1 Å². The van der Waals surface area contributed by atoms with E-state index >= 15 is 0 Å². The largest absolute Gasteiger partial charge is 0.340 e. The van der Waals surface area contributed by atoms with Gasteiger partial charge in [-0.2, -0.15) is 0 Å². The molecule has 0 saturated carbocycles. The highest BCUT2D eigenvalue weighted by atomic mass is 15.2. The average Bonchev–Trinajstić information content (AvgIpc) is 2.90. The van der Waals surface area contributed by atoms with Gasteiger partial charge in [-0.25, -0.2) is 0 Å². The number of nitrogens with two attached hydrogens (primary N) is 1. The number of pyridine rings is 1. The summed E-state index contributed by atoms with van der Waals surface area (Å²) in [4.78, 5) is 6.82. The van der Waals surface area contributed by atoms with Crippen molar-refractivity contribution in [3.63, 3.8) is 0 Å². The molecule has 3 heteroatoms. The standard InChI is InChI=1S/C16H19N3/c1-2-14(17)15-8-7-13(11-18-15)19-10-9-12-5-3-4-6-16(12)19/h3-8,11,14H,2,9-10,17H2,1H3/t14-/m0/s1. The molecule has 0 spiro atoms. The predicted octanol–water partition coefficient (Wildman–Crippen LogP) is 3.19. The lowest BCUT2D eigenvalue weighted by atomic mass is 10.1. The Hall–Kier alpha value is -1.87. The Labute approximate surface area is 114 Å². The number of hydrogen-bond acceptors (Lipinski definition) is 3. The van der Waals surface area contributed by atoms with E-state index in [1.807, 2.05) is 12.3 Å². The Balaban J connectivity index is 1.88. The van der Waals surface area contributed by atoms with Gasteiger partial charge in [0.1, 0.15) is 0 Å². The van der Waals surface area contributed by atoms with Crippen molar-refractivity contribution in [1.29, 1.82) is 0 Å². The van der Waals surface area contributed by atoms with Crippen molar-refractivity contribution in [3.8, 4) is 0 Å². The van der Waals surface area contributed by atoms with Crippen molar-refractivity contribution in [2.75, 3.05) is 11.4 Å². The summed E-state index contributed by atoms with van der Waals surface area (Å²) >= 11 is 0. The van der Waals surface area contributed by atoms with Gasteiger partial charge in [0.25, 0.3) is 0 Å². The first-order valence-corrected chi connectivity index (χ1v) is 6.86. The number of fused-ring (bicyclic) bond motifs is 1. The van der Waals surface area contributed by atoms with Gasteiger partial charge in [-0.3, -0.25) is 4.98 Å². The first-order valence-electron chi connectivity index (χ1n) is 6.86. The molecule has 1 atom stereocenters. The second-order valence-corrected chi connectivity index (χ2v) is 4.99. The lowest BCUT2D eigenvalue weighted by molar-refractivity contribution is 0.675. The van der Waals surface area contributed by atoms with Gasteiger partial charge < -0.3 is 10.6 Å². The lowest BCUT2D eigenvalue weighted by Crippen LogP contribution is -2.15. The molecule has 1 aromatic heterocycles. The normalized spacial score (nSPS) is 15.4. The quantitative estimate of drug-likeness (QED) is 0.913. The number of rotatable bonds is 3. The Bertz CT molecular complexity index is 562. The van der Waals surface area contributed by atoms with E-state index in [-0.39, 0.29) is 6.04 Å². The third-order valence-electron chi connectivity index (χ3n) is 3.79. The van der Waals surface area contributed by atoms with Gasteiger partial charge in [0, 0.05) is 18.3 Å². The maximum Gasteiger partial charge on any atom is 0.0597 e. The summed E-state index contributed by atoms with van der Waals surface area (Å²) in [5.74, 6) is 0. The molecule has 0 radical (unpaired) electrons. The molecule has 1 aliphatic heterocycles. The smallest absolute Gasteiger partial charge is 0.0597 e. The highest BCUT2D eigenvalue weighted by molar-refractivity contribution is 5.69. The molecule has 19 heavy (non-hydrogen) atoms. The van der Waals surface area contributed by atoms with Crippen molar-refractivity contribution >= 4 is 11.4 Å². The molecular weight excluding hydrogens is 234 g/mol. The van der Waals surface area contributed by atoms with Gasteiger partial charge in [-0.15, -0.1) is 0 Å². The lowest BCUT2D eigenvalue weighted by Gasteiger charge is -2.19. The zero-order valence-electron chi connectivity index (χ0n) is 11.2. The summed E-state index contributed by atoms with van der Waals surface area (Å²) in [6, 6.07) is 12.8. The van der Waals surface area contributed by atoms with Crippen LogP contribution in [0.1, 0.15) is 30.6 Å². The molecule has 0 unspecified atom stereocenters. The number of anilines is 2. The number of aromatic nitrogens is 1. The second-order valence-electron chi connectivity index (χ2n) is 4.99. The molecular formula is C16H19N3. The van der Waals surface area contributed by atoms with Gasteiger partial charge >= 0.3 is 0 Å². The third-order valence-corrected chi connectivity index (χ3v) is 3.79. The molecule has 0 bridgehead atoms. The van der Waals surface area contributed by atoms with E-state index in [9.17, 15) is 0 Å². The van der Waals surface area contributed by atoms with Crippen LogP contribution < -0.4 is 10.6 Å². The molecule has 1 aliphatic rings. The fraction of sp³-hybridized carbons (Fsp3) is 0.312. The summed E-state index contributed by atoms with van der Waals surface area (Å²) in [6.45, 7) is 3.11. The first kappa shape index (κ1) is 12.2. The number of para-hydroxylation sites is 1. The fourth-order valence-corrected chi connectivity index (χ4v) is 2.59. The van der Waals surface area contributed by atoms with E-state index < -0.39 is 0 Å². The summed E-state index contributed by atoms with van der Waals surface area (Å²) in [5, 5.41) is 0. The van der Waals surface area contributed by atoms with Crippen molar-refractivity contribution in [1.82, 2.24) is 4.98 Å². The SMILES string of the molecule is CC[C@H](N)c1ccc(N2CCc3ccccc32)cn1. The summed E-state index contributed by atoms with van der Waals surface area (Å²) < 4.78 is 0. The Morgan fingerprint density at radius 1 is 1.26 bits per heavy atom. The number of benzene rings is 1. The highest BCUT2D eigenvalue weighted by Gasteiger charge is 2.19. The maximum atomic E-state index is 6.00. The zero-order valence-corrected chi connectivity index (χ0v) is 11.2. The summed E-state index contributed by atoms with van der Waals surface area (Å²) in [5.41, 5.74) is 10.8. The van der Waals surface area contributed by atoms with E-state index in [0.29, 0.717) is 0 Å². The molecule has 0 fully saturated rings. The Morgan fingerprint density at radius 3 is 2.84 bits per heavy atom. The van der Waals surface area contributed by atoms with Gasteiger partial charge in [0.2, 0.25) is 0 Å². The van der Waals surface area contributed by atoms with Crippen LogP contribution in [-0.4, -0.2) is 11.5 Å². The van der Waals surface area contributed by atoms with E-state index in [4.69, 9.17) is 5.73 Å². The molecule has 2 heterocycles. The second kappa shape index (κ2) is 5.02. The minimum Gasteiger partial charge on any atom is -0.340 e. The summed E-state index contributed by atoms with van der Waals surface area (Å²) in [6.07, 6.45) is 3.96. The van der Waals surface area contributed by atoms with Gasteiger partial charge in [0.15, 0.2) is 0 Å². The van der Waals surface area contributed by atoms with Crippen LogP contribution in [0.15, 0.2) is 42.6 Å². The summed E-state index contributed by atoms with van der Waals surface area (Å²) in [7, 11) is 0. The maximum absolute atomic E-state index is 6.00. The van der Waals surface area contributed by atoms with Crippen LogP contribution in [0.3, 0.4) is 0 Å². The molecule has 3 nitrogen and oxygen atoms in total. The van der Waals surface area contributed by atoms with Crippen LogP contribution in [0.4, 0.5) is 11.4 Å². The number of hydrogen-bond donors (Lipinski definition) is 1. The molecule has 2 aromatic rings. The van der Waals surface area contributed by atoms with Crippen LogP contribution in [0.25, 0.3) is 0 Å². The predicted molar refractivity (Wildman–Crippen MR) is 78.6 cm³/mol. The average molecular weight is 253 g/mol. The van der Waals surface area contributed by atoms with Crippen LogP contribution in [0.5, 0.6) is 0 Å².